The number of aromatic nitrogens is 1. The van der Waals surface area contributed by atoms with Gasteiger partial charge < -0.3 is 4.98 Å². The molecule has 0 aliphatic heterocycles. The maximum absolute atomic E-state index is 10.9. The van der Waals surface area contributed by atoms with Crippen molar-refractivity contribution < 1.29 is 1.43 Å². The number of nitrogens with one attached hydrogen (secondary N) is 1. The van der Waals surface area contributed by atoms with Crippen molar-refractivity contribution in [3.05, 3.63) is 34.2 Å². The minimum atomic E-state index is -0.0302. The summed E-state index contributed by atoms with van der Waals surface area (Å²) in [5, 5.41) is 0. The quantitative estimate of drug-likeness (QED) is 0.606. The van der Waals surface area contributed by atoms with Crippen LogP contribution < -0.4 is 5.56 Å². The number of hydrogen-bond donors (Lipinski definition) is 1. The molecule has 0 saturated carbocycles. The summed E-state index contributed by atoms with van der Waals surface area (Å²) in [7, 11) is 0. The molecule has 0 aromatic carbocycles. The minimum Gasteiger partial charge on any atom is -0.326 e. The van der Waals surface area contributed by atoms with Crippen LogP contribution in [0.25, 0.3) is 0 Å². The second kappa shape index (κ2) is 2.53. The van der Waals surface area contributed by atoms with Gasteiger partial charge in [-0.05, 0) is 6.07 Å². The first-order valence-electron chi connectivity index (χ1n) is 3.70. The second-order valence-electron chi connectivity index (χ2n) is 3.68. The van der Waals surface area contributed by atoms with Gasteiger partial charge in [-0.1, -0.05) is 26.8 Å². The standard InChI is InChI=1S/C9H13NO.H2/c1-9(2,3)7-5-4-6-8(11)10-7;/h4-6H,1-3H3,(H,10,11);1H. The van der Waals surface area contributed by atoms with Crippen molar-refractivity contribution in [2.24, 2.45) is 0 Å². The van der Waals surface area contributed by atoms with E-state index in [2.05, 4.69) is 25.8 Å². The minimum absolute atomic E-state index is 0. The van der Waals surface area contributed by atoms with Gasteiger partial charge in [0.25, 0.3) is 0 Å². The van der Waals surface area contributed by atoms with E-state index in [1.165, 1.54) is 6.07 Å². The number of aromatic amines is 1. The Morgan fingerprint density at radius 3 is 2.36 bits per heavy atom. The predicted molar refractivity (Wildman–Crippen MR) is 47.9 cm³/mol. The zero-order valence-electron chi connectivity index (χ0n) is 7.14. The van der Waals surface area contributed by atoms with Crippen LogP contribution in [-0.2, 0) is 5.41 Å². The topological polar surface area (TPSA) is 32.9 Å². The lowest BCUT2D eigenvalue weighted by Crippen LogP contribution is -2.18. The van der Waals surface area contributed by atoms with Crippen LogP contribution in [0.15, 0.2) is 23.0 Å². The molecule has 0 amide bonds. The first-order chi connectivity index (χ1) is 5.00. The van der Waals surface area contributed by atoms with E-state index in [4.69, 9.17) is 0 Å². The van der Waals surface area contributed by atoms with Gasteiger partial charge >= 0.3 is 0 Å². The second-order valence-corrected chi connectivity index (χ2v) is 3.68. The molecule has 0 aliphatic rings. The Balaban J connectivity index is 0.00000121. The van der Waals surface area contributed by atoms with Gasteiger partial charge in [-0.15, -0.1) is 0 Å². The predicted octanol–water partition coefficient (Wildman–Crippen LogP) is 1.92. The van der Waals surface area contributed by atoms with Gasteiger partial charge in [0.1, 0.15) is 0 Å². The van der Waals surface area contributed by atoms with Crippen LogP contribution in [0.4, 0.5) is 0 Å². The fourth-order valence-electron chi connectivity index (χ4n) is 0.885. The van der Waals surface area contributed by atoms with E-state index in [1.54, 1.807) is 6.07 Å². The normalized spacial score (nSPS) is 11.5. The van der Waals surface area contributed by atoms with Gasteiger partial charge in [0.05, 0.1) is 0 Å². The van der Waals surface area contributed by atoms with E-state index in [9.17, 15) is 4.79 Å². The van der Waals surface area contributed by atoms with Crippen molar-refractivity contribution in [2.75, 3.05) is 0 Å². The first kappa shape index (κ1) is 8.05. The van der Waals surface area contributed by atoms with Crippen LogP contribution >= 0.6 is 0 Å². The highest BCUT2D eigenvalue weighted by Crippen LogP contribution is 2.17. The Morgan fingerprint density at radius 1 is 1.36 bits per heavy atom. The molecule has 62 valence electrons. The van der Waals surface area contributed by atoms with E-state index in [-0.39, 0.29) is 12.4 Å². The smallest absolute Gasteiger partial charge is 0.248 e. The van der Waals surface area contributed by atoms with Gasteiger partial charge in [-0.3, -0.25) is 4.79 Å². The molecule has 2 nitrogen and oxygen atoms in total. The molecule has 0 unspecified atom stereocenters. The number of hydrogen-bond acceptors (Lipinski definition) is 1. The molecular formula is C9H15NO. The molecule has 0 fully saturated rings. The molecule has 0 saturated heterocycles. The van der Waals surface area contributed by atoms with Crippen LogP contribution in [0.3, 0.4) is 0 Å². The molecular weight excluding hydrogens is 138 g/mol. The largest absolute Gasteiger partial charge is 0.326 e. The monoisotopic (exact) mass is 153 g/mol. The lowest BCUT2D eigenvalue weighted by molar-refractivity contribution is 0.567. The molecule has 2 heteroatoms. The summed E-state index contributed by atoms with van der Waals surface area (Å²) < 4.78 is 0. The lowest BCUT2D eigenvalue weighted by Gasteiger charge is -2.17. The zero-order chi connectivity index (χ0) is 8.48. The number of H-pyrrole nitrogens is 1. The molecule has 1 aromatic rings. The molecule has 0 aliphatic carbocycles. The highest BCUT2D eigenvalue weighted by molar-refractivity contribution is 5.12. The van der Waals surface area contributed by atoms with Crippen LogP contribution in [0, 0.1) is 0 Å². The molecule has 1 heterocycles. The first-order valence-corrected chi connectivity index (χ1v) is 3.70. The summed E-state index contributed by atoms with van der Waals surface area (Å²) in [6.45, 7) is 6.20. The van der Waals surface area contributed by atoms with Gasteiger partial charge in [-0.25, -0.2) is 0 Å². The Hall–Kier alpha value is -1.05. The van der Waals surface area contributed by atoms with Crippen LogP contribution in [-0.4, -0.2) is 4.98 Å². The summed E-state index contributed by atoms with van der Waals surface area (Å²) in [5.41, 5.74) is 0.975. The molecule has 11 heavy (non-hydrogen) atoms. The molecule has 0 radical (unpaired) electrons. The average molecular weight is 153 g/mol. The Bertz CT molecular complexity index is 298. The Labute approximate surface area is 67.8 Å². The van der Waals surface area contributed by atoms with Gasteiger partial charge in [-0.2, -0.15) is 0 Å². The molecule has 1 N–H and O–H groups in total. The van der Waals surface area contributed by atoms with Crippen LogP contribution in [0.5, 0.6) is 0 Å². The molecule has 0 spiro atoms. The molecule has 1 aromatic heterocycles. The lowest BCUT2D eigenvalue weighted by atomic mass is 9.92. The molecule has 0 atom stereocenters. The summed E-state index contributed by atoms with van der Waals surface area (Å²) in [6, 6.07) is 5.23. The Kier molecular flexibility index (Phi) is 1.85. The maximum Gasteiger partial charge on any atom is 0.248 e. The highest BCUT2D eigenvalue weighted by atomic mass is 16.1. The van der Waals surface area contributed by atoms with Gasteiger partial charge in [0, 0.05) is 18.6 Å². The Morgan fingerprint density at radius 2 is 2.00 bits per heavy atom. The number of rotatable bonds is 0. The van der Waals surface area contributed by atoms with E-state index >= 15 is 0 Å². The van der Waals surface area contributed by atoms with E-state index in [0.29, 0.717) is 0 Å². The van der Waals surface area contributed by atoms with E-state index < -0.39 is 0 Å². The van der Waals surface area contributed by atoms with Crippen molar-refractivity contribution in [3.8, 4) is 0 Å². The maximum atomic E-state index is 10.9. The van der Waals surface area contributed by atoms with E-state index in [0.717, 1.165) is 5.69 Å². The summed E-state index contributed by atoms with van der Waals surface area (Å²) in [6.07, 6.45) is 0. The third-order valence-electron chi connectivity index (χ3n) is 1.58. The van der Waals surface area contributed by atoms with Crippen molar-refractivity contribution in [3.63, 3.8) is 0 Å². The fraction of sp³-hybridized carbons (Fsp3) is 0.444. The highest BCUT2D eigenvalue weighted by Gasteiger charge is 2.13. The third-order valence-corrected chi connectivity index (χ3v) is 1.58. The molecule has 1 rings (SSSR count). The SMILES string of the molecule is CC(C)(C)c1cccc(=O)[nH]1.[HH]. The van der Waals surface area contributed by atoms with Crippen LogP contribution in [0.2, 0.25) is 0 Å². The number of pyridine rings is 1. The van der Waals surface area contributed by atoms with Gasteiger partial charge in [0.15, 0.2) is 0 Å². The van der Waals surface area contributed by atoms with Gasteiger partial charge in [0.2, 0.25) is 5.56 Å². The van der Waals surface area contributed by atoms with E-state index in [1.807, 2.05) is 6.07 Å². The third kappa shape index (κ3) is 1.93. The summed E-state index contributed by atoms with van der Waals surface area (Å²) >= 11 is 0. The van der Waals surface area contributed by atoms with Crippen molar-refractivity contribution in [1.29, 1.82) is 0 Å². The van der Waals surface area contributed by atoms with Crippen molar-refractivity contribution in [2.45, 2.75) is 26.2 Å². The summed E-state index contributed by atoms with van der Waals surface area (Å²) in [4.78, 5) is 13.7. The zero-order valence-corrected chi connectivity index (χ0v) is 7.14. The van der Waals surface area contributed by atoms with Crippen molar-refractivity contribution >= 4 is 0 Å². The fourth-order valence-corrected chi connectivity index (χ4v) is 0.885. The van der Waals surface area contributed by atoms with Crippen molar-refractivity contribution in [1.82, 2.24) is 4.98 Å². The average Bonchev–Trinajstić information content (AvgIpc) is 1.86. The van der Waals surface area contributed by atoms with Crippen LogP contribution in [0.1, 0.15) is 27.9 Å². The summed E-state index contributed by atoms with van der Waals surface area (Å²) in [5.74, 6) is 0. The molecule has 0 bridgehead atoms.